The van der Waals surface area contributed by atoms with Gasteiger partial charge in [-0.05, 0) is 13.8 Å². The molecule has 0 bridgehead atoms. The smallest absolute Gasteiger partial charge is 0.258 e. The molecule has 0 aromatic carbocycles. The Kier molecular flexibility index (Phi) is 4.75. The number of anilines is 2. The summed E-state index contributed by atoms with van der Waals surface area (Å²) in [5, 5.41) is 12.3. The average molecular weight is 406 g/mol. The molecule has 1 aliphatic heterocycles. The van der Waals surface area contributed by atoms with Crippen LogP contribution >= 0.6 is 22.9 Å². The molecule has 0 saturated carbocycles. The second-order valence-corrected chi connectivity index (χ2v) is 8.02. The quantitative estimate of drug-likeness (QED) is 0.696. The SMILES string of the molecule is C[C@@H]1CN(c2cnc3scc(C(=O)Nc4cn(C)nc4Cl)c3n2)[C@H](C)CN1. The minimum Gasteiger partial charge on any atom is -0.350 e. The largest absolute Gasteiger partial charge is 0.350 e. The van der Waals surface area contributed by atoms with Gasteiger partial charge in [-0.1, -0.05) is 11.6 Å². The maximum Gasteiger partial charge on any atom is 0.258 e. The number of aryl methyl sites for hydroxylation is 1. The molecule has 27 heavy (non-hydrogen) atoms. The van der Waals surface area contributed by atoms with Gasteiger partial charge in [-0.25, -0.2) is 9.97 Å². The number of nitrogens with one attached hydrogen (secondary N) is 2. The summed E-state index contributed by atoms with van der Waals surface area (Å²) in [5.41, 5.74) is 1.56. The predicted molar refractivity (Wildman–Crippen MR) is 108 cm³/mol. The number of piperazine rings is 1. The summed E-state index contributed by atoms with van der Waals surface area (Å²) in [6, 6.07) is 0.676. The van der Waals surface area contributed by atoms with Crippen molar-refractivity contribution >= 4 is 50.7 Å². The van der Waals surface area contributed by atoms with Gasteiger partial charge in [-0.2, -0.15) is 5.10 Å². The van der Waals surface area contributed by atoms with Gasteiger partial charge in [-0.15, -0.1) is 11.3 Å². The van der Waals surface area contributed by atoms with E-state index >= 15 is 0 Å². The van der Waals surface area contributed by atoms with Crippen LogP contribution in [0.3, 0.4) is 0 Å². The van der Waals surface area contributed by atoms with Crippen molar-refractivity contribution in [3.63, 3.8) is 0 Å². The maximum atomic E-state index is 12.8. The number of aromatic nitrogens is 4. The molecule has 4 rings (SSSR count). The molecule has 142 valence electrons. The number of nitrogens with zero attached hydrogens (tertiary/aromatic N) is 5. The third-order valence-corrected chi connectivity index (χ3v) is 5.76. The minimum absolute atomic E-state index is 0.251. The lowest BCUT2D eigenvalue weighted by Gasteiger charge is -2.38. The molecule has 1 saturated heterocycles. The summed E-state index contributed by atoms with van der Waals surface area (Å²) in [5.74, 6) is 0.513. The third-order valence-electron chi connectivity index (χ3n) is 4.60. The van der Waals surface area contributed by atoms with E-state index in [1.807, 2.05) is 0 Å². The Morgan fingerprint density at radius 2 is 2.26 bits per heavy atom. The van der Waals surface area contributed by atoms with Gasteiger partial charge in [0.1, 0.15) is 16.2 Å². The fourth-order valence-corrected chi connectivity index (χ4v) is 4.22. The summed E-state index contributed by atoms with van der Waals surface area (Å²) in [6.45, 7) is 6.03. The monoisotopic (exact) mass is 405 g/mol. The molecule has 3 aromatic rings. The molecule has 0 spiro atoms. The van der Waals surface area contributed by atoms with E-state index in [1.54, 1.807) is 29.5 Å². The van der Waals surface area contributed by atoms with E-state index in [1.165, 1.54) is 11.3 Å². The van der Waals surface area contributed by atoms with Gasteiger partial charge in [-0.3, -0.25) is 9.48 Å². The highest BCUT2D eigenvalue weighted by atomic mass is 35.5. The second-order valence-electron chi connectivity index (χ2n) is 6.80. The number of carbonyl (C=O) groups is 1. The predicted octanol–water partition coefficient (Wildman–Crippen LogP) is 2.52. The molecule has 0 aliphatic carbocycles. The number of rotatable bonds is 3. The molecule has 10 heteroatoms. The molecule has 1 aliphatic rings. The van der Waals surface area contributed by atoms with Crippen LogP contribution in [0, 0.1) is 0 Å². The van der Waals surface area contributed by atoms with Crippen molar-refractivity contribution in [2.24, 2.45) is 7.05 Å². The highest BCUT2D eigenvalue weighted by Crippen LogP contribution is 2.28. The van der Waals surface area contributed by atoms with Crippen LogP contribution in [-0.4, -0.2) is 50.8 Å². The van der Waals surface area contributed by atoms with E-state index in [0.717, 1.165) is 23.7 Å². The molecule has 0 radical (unpaired) electrons. The van der Waals surface area contributed by atoms with Crippen molar-refractivity contribution in [2.45, 2.75) is 25.9 Å². The number of hydrogen-bond donors (Lipinski definition) is 2. The first-order valence-corrected chi connectivity index (χ1v) is 9.93. The number of hydrogen-bond acceptors (Lipinski definition) is 7. The van der Waals surface area contributed by atoms with Crippen molar-refractivity contribution in [3.8, 4) is 0 Å². The lowest BCUT2D eigenvalue weighted by molar-refractivity contribution is 0.102. The maximum absolute atomic E-state index is 12.8. The van der Waals surface area contributed by atoms with E-state index in [0.29, 0.717) is 28.9 Å². The van der Waals surface area contributed by atoms with Crippen molar-refractivity contribution in [2.75, 3.05) is 23.3 Å². The summed E-state index contributed by atoms with van der Waals surface area (Å²) < 4.78 is 1.55. The molecule has 2 N–H and O–H groups in total. The Bertz CT molecular complexity index is 1000. The van der Waals surface area contributed by atoms with Gasteiger partial charge in [0.2, 0.25) is 0 Å². The van der Waals surface area contributed by atoms with Crippen LogP contribution in [0.4, 0.5) is 11.5 Å². The van der Waals surface area contributed by atoms with Crippen LogP contribution in [0.25, 0.3) is 10.3 Å². The van der Waals surface area contributed by atoms with Crippen molar-refractivity contribution in [1.82, 2.24) is 25.1 Å². The fraction of sp³-hybridized carbons (Fsp3) is 0.412. The first kappa shape index (κ1) is 18.1. The van der Waals surface area contributed by atoms with Crippen molar-refractivity contribution < 1.29 is 4.79 Å². The van der Waals surface area contributed by atoms with Gasteiger partial charge in [0, 0.05) is 43.8 Å². The number of amides is 1. The Morgan fingerprint density at radius 3 is 3.00 bits per heavy atom. The van der Waals surface area contributed by atoms with Gasteiger partial charge in [0.25, 0.3) is 5.91 Å². The Balaban J connectivity index is 1.65. The summed E-state index contributed by atoms with van der Waals surface area (Å²) in [4.78, 5) is 25.0. The van der Waals surface area contributed by atoms with Gasteiger partial charge in [0.05, 0.1) is 17.4 Å². The second kappa shape index (κ2) is 7.06. The number of thiophene rings is 1. The summed E-state index contributed by atoms with van der Waals surface area (Å²) in [6.07, 6.45) is 3.45. The van der Waals surface area contributed by atoms with E-state index in [2.05, 4.69) is 39.5 Å². The molecule has 4 heterocycles. The molecule has 1 amide bonds. The highest BCUT2D eigenvalue weighted by Gasteiger charge is 2.25. The zero-order chi connectivity index (χ0) is 19.1. The minimum atomic E-state index is -0.274. The van der Waals surface area contributed by atoms with Gasteiger partial charge >= 0.3 is 0 Å². The zero-order valence-electron chi connectivity index (χ0n) is 15.2. The molecular formula is C17H20ClN7OS. The van der Waals surface area contributed by atoms with Gasteiger partial charge < -0.3 is 15.5 Å². The van der Waals surface area contributed by atoms with Gasteiger partial charge in [0.15, 0.2) is 5.15 Å². The number of fused-ring (bicyclic) bond motifs is 1. The summed E-state index contributed by atoms with van der Waals surface area (Å²) in [7, 11) is 1.74. The van der Waals surface area contributed by atoms with Crippen LogP contribution in [0.2, 0.25) is 5.15 Å². The molecule has 8 nitrogen and oxygen atoms in total. The van der Waals surface area contributed by atoms with Crippen LogP contribution in [0.1, 0.15) is 24.2 Å². The normalized spacial score (nSPS) is 20.2. The first-order chi connectivity index (χ1) is 12.9. The number of halogens is 1. The Labute approximate surface area is 165 Å². The summed E-state index contributed by atoms with van der Waals surface area (Å²) >= 11 is 7.44. The third kappa shape index (κ3) is 3.50. The standard InChI is InChI=1S/C17H20ClN7OS/c1-9-6-25(10(2)4-19-9)13-5-20-17-14(22-13)11(8-27-17)16(26)21-12-7-24(3)23-15(12)18/h5,7-10,19H,4,6H2,1-3H3,(H,21,26)/t9-,10-/m1/s1. The fourth-order valence-electron chi connectivity index (χ4n) is 3.18. The van der Waals surface area contributed by atoms with Crippen molar-refractivity contribution in [1.29, 1.82) is 0 Å². The van der Waals surface area contributed by atoms with Crippen molar-refractivity contribution in [3.05, 3.63) is 28.5 Å². The molecule has 2 atom stereocenters. The lowest BCUT2D eigenvalue weighted by atomic mass is 10.1. The lowest BCUT2D eigenvalue weighted by Crippen LogP contribution is -2.54. The zero-order valence-corrected chi connectivity index (χ0v) is 16.8. The molecule has 3 aromatic heterocycles. The molecule has 0 unspecified atom stereocenters. The first-order valence-electron chi connectivity index (χ1n) is 8.67. The topological polar surface area (TPSA) is 88.0 Å². The van der Waals surface area contributed by atoms with Crippen LogP contribution < -0.4 is 15.5 Å². The highest BCUT2D eigenvalue weighted by molar-refractivity contribution is 7.17. The Morgan fingerprint density at radius 1 is 1.44 bits per heavy atom. The van der Waals surface area contributed by atoms with Crippen LogP contribution in [-0.2, 0) is 7.05 Å². The van der Waals surface area contributed by atoms with E-state index < -0.39 is 0 Å². The Hall–Kier alpha value is -2.23. The molecule has 1 fully saturated rings. The van der Waals surface area contributed by atoms with E-state index in [4.69, 9.17) is 16.6 Å². The van der Waals surface area contributed by atoms with Crippen LogP contribution in [0.5, 0.6) is 0 Å². The average Bonchev–Trinajstić information content (AvgIpc) is 3.19. The molecular weight excluding hydrogens is 386 g/mol. The number of carbonyl (C=O) groups excluding carboxylic acids is 1. The van der Waals surface area contributed by atoms with E-state index in [9.17, 15) is 4.79 Å². The van der Waals surface area contributed by atoms with E-state index in [-0.39, 0.29) is 11.1 Å². The van der Waals surface area contributed by atoms with Crippen LogP contribution in [0.15, 0.2) is 17.8 Å².